The monoisotopic (exact) mass is 415 g/mol. The Morgan fingerprint density at radius 2 is 1.68 bits per heavy atom. The summed E-state index contributed by atoms with van der Waals surface area (Å²) in [5.74, 6) is -0.112. The minimum atomic E-state index is -0.663. The Bertz CT molecular complexity index is 1150. The molecule has 3 aromatic rings. The van der Waals surface area contributed by atoms with E-state index in [1.165, 1.54) is 33.1 Å². The van der Waals surface area contributed by atoms with Crippen LogP contribution in [0.25, 0.3) is 0 Å². The smallest absolute Gasteiger partial charge is 0.343 e. The van der Waals surface area contributed by atoms with Crippen LogP contribution < -0.4 is 5.32 Å². The molecule has 1 amide bonds. The average molecular weight is 415 g/mol. The minimum Gasteiger partial charge on any atom is -0.462 e. The molecular weight excluding hydrogens is 390 g/mol. The van der Waals surface area contributed by atoms with E-state index in [9.17, 15) is 9.59 Å². The molecule has 0 aliphatic heterocycles. The van der Waals surface area contributed by atoms with E-state index in [4.69, 9.17) is 4.74 Å². The van der Waals surface area contributed by atoms with E-state index >= 15 is 0 Å². The SMILES string of the molecule is CCOC(=O)c1cnn(C)c1NC(=O)C1(C)CC2c3ccccc3C1c1ccccc12. The first kappa shape index (κ1) is 19.5. The van der Waals surface area contributed by atoms with Gasteiger partial charge in [0, 0.05) is 18.9 Å². The van der Waals surface area contributed by atoms with Crippen molar-refractivity contribution in [2.45, 2.75) is 32.1 Å². The van der Waals surface area contributed by atoms with Crippen LogP contribution in [0.15, 0.2) is 54.7 Å². The number of aryl methyl sites for hydroxylation is 1. The Hall–Kier alpha value is -3.41. The summed E-state index contributed by atoms with van der Waals surface area (Å²) in [5.41, 5.74) is 4.65. The van der Waals surface area contributed by atoms with Crippen LogP contribution in [0.2, 0.25) is 0 Å². The highest BCUT2D eigenvalue weighted by atomic mass is 16.5. The number of carbonyl (C=O) groups excluding carboxylic acids is 2. The number of nitrogens with one attached hydrogen (secondary N) is 1. The zero-order valence-electron chi connectivity index (χ0n) is 17.9. The first-order valence-electron chi connectivity index (χ1n) is 10.6. The number of nitrogens with zero attached hydrogens (tertiary/aromatic N) is 2. The molecular formula is C25H25N3O3. The summed E-state index contributed by atoms with van der Waals surface area (Å²) in [7, 11) is 1.71. The number of hydrogen-bond acceptors (Lipinski definition) is 4. The first-order chi connectivity index (χ1) is 15.0. The van der Waals surface area contributed by atoms with Crippen LogP contribution in [0.3, 0.4) is 0 Å². The zero-order valence-corrected chi connectivity index (χ0v) is 17.9. The molecule has 0 saturated carbocycles. The van der Waals surface area contributed by atoms with Crippen molar-refractivity contribution in [2.24, 2.45) is 12.5 Å². The highest BCUT2D eigenvalue weighted by Gasteiger charge is 2.54. The fourth-order valence-electron chi connectivity index (χ4n) is 5.38. The van der Waals surface area contributed by atoms with Gasteiger partial charge < -0.3 is 10.1 Å². The van der Waals surface area contributed by atoms with Crippen LogP contribution in [0, 0.1) is 5.41 Å². The second kappa shape index (κ2) is 7.08. The highest BCUT2D eigenvalue weighted by Crippen LogP contribution is 2.61. The number of aromatic nitrogens is 2. The fraction of sp³-hybridized carbons (Fsp3) is 0.320. The van der Waals surface area contributed by atoms with E-state index < -0.39 is 11.4 Å². The van der Waals surface area contributed by atoms with Gasteiger partial charge in [-0.15, -0.1) is 0 Å². The summed E-state index contributed by atoms with van der Waals surface area (Å²) >= 11 is 0. The molecule has 0 spiro atoms. The molecule has 6 heteroatoms. The third-order valence-corrected chi connectivity index (χ3v) is 6.81. The lowest BCUT2D eigenvalue weighted by molar-refractivity contribution is -0.126. The van der Waals surface area contributed by atoms with Crippen LogP contribution in [-0.4, -0.2) is 28.3 Å². The summed E-state index contributed by atoms with van der Waals surface area (Å²) in [5, 5.41) is 7.18. The Kier molecular flexibility index (Phi) is 4.46. The number of rotatable bonds is 4. The van der Waals surface area contributed by atoms with Gasteiger partial charge in [-0.3, -0.25) is 9.48 Å². The summed E-state index contributed by atoms with van der Waals surface area (Å²) in [4.78, 5) is 26.1. The molecule has 1 aromatic heterocycles. The van der Waals surface area contributed by atoms with Crippen molar-refractivity contribution in [1.29, 1.82) is 0 Å². The topological polar surface area (TPSA) is 73.2 Å². The summed E-state index contributed by atoms with van der Waals surface area (Å²) < 4.78 is 6.64. The Morgan fingerprint density at radius 1 is 1.10 bits per heavy atom. The van der Waals surface area contributed by atoms with Gasteiger partial charge in [-0.2, -0.15) is 5.10 Å². The van der Waals surface area contributed by atoms with Crippen molar-refractivity contribution in [3.8, 4) is 0 Å². The van der Waals surface area contributed by atoms with Gasteiger partial charge in [-0.1, -0.05) is 48.5 Å². The maximum absolute atomic E-state index is 13.8. The molecule has 2 aromatic carbocycles. The van der Waals surface area contributed by atoms with E-state index in [1.807, 2.05) is 19.1 Å². The number of ether oxygens (including phenoxy) is 1. The van der Waals surface area contributed by atoms with Crippen molar-refractivity contribution >= 4 is 17.7 Å². The lowest BCUT2D eigenvalue weighted by atomic mass is 9.52. The van der Waals surface area contributed by atoms with Crippen LogP contribution in [0.5, 0.6) is 0 Å². The predicted molar refractivity (Wildman–Crippen MR) is 117 cm³/mol. The highest BCUT2D eigenvalue weighted by molar-refractivity contribution is 6.02. The molecule has 31 heavy (non-hydrogen) atoms. The maximum Gasteiger partial charge on any atom is 0.343 e. The fourth-order valence-corrected chi connectivity index (χ4v) is 5.38. The molecule has 1 heterocycles. The Balaban J connectivity index is 1.56. The molecule has 3 aliphatic carbocycles. The van der Waals surface area contributed by atoms with Gasteiger partial charge in [-0.25, -0.2) is 4.79 Å². The van der Waals surface area contributed by atoms with Gasteiger partial charge in [0.15, 0.2) is 0 Å². The molecule has 1 atom stereocenters. The number of fused-ring (bicyclic) bond motifs is 1. The molecule has 6 rings (SSSR count). The lowest BCUT2D eigenvalue weighted by Gasteiger charge is -2.50. The average Bonchev–Trinajstić information content (AvgIpc) is 3.14. The van der Waals surface area contributed by atoms with Gasteiger partial charge in [0.25, 0.3) is 0 Å². The normalized spacial score (nSPS) is 23.1. The van der Waals surface area contributed by atoms with Crippen molar-refractivity contribution in [3.05, 3.63) is 82.5 Å². The number of amides is 1. The molecule has 3 aliphatic rings. The Labute approximate surface area is 181 Å². The summed E-state index contributed by atoms with van der Waals surface area (Å²) in [6, 6.07) is 16.9. The molecule has 1 unspecified atom stereocenters. The molecule has 158 valence electrons. The number of carbonyl (C=O) groups is 2. The maximum atomic E-state index is 13.8. The molecule has 1 N–H and O–H groups in total. The molecule has 0 fully saturated rings. The standard InChI is InChI=1S/C25H25N3O3/c1-4-31-23(29)20-14-26-28(3)22(20)27-24(30)25(2)13-19-15-9-5-7-11-17(15)21(25)18-12-8-6-10-16(18)19/h5-12,14,19,21H,4,13H2,1-3H3,(H,27,30). The molecule has 0 saturated heterocycles. The van der Waals surface area contributed by atoms with Crippen molar-refractivity contribution < 1.29 is 14.3 Å². The van der Waals surface area contributed by atoms with Crippen molar-refractivity contribution in [1.82, 2.24) is 9.78 Å². The Morgan fingerprint density at radius 3 is 2.26 bits per heavy atom. The zero-order chi connectivity index (χ0) is 21.8. The molecule has 2 bridgehead atoms. The second-order valence-corrected chi connectivity index (χ2v) is 8.57. The van der Waals surface area contributed by atoms with E-state index in [0.29, 0.717) is 12.2 Å². The van der Waals surface area contributed by atoms with Gasteiger partial charge in [0.1, 0.15) is 11.4 Å². The van der Waals surface area contributed by atoms with E-state index in [1.54, 1.807) is 14.0 Å². The van der Waals surface area contributed by atoms with Crippen LogP contribution in [0.1, 0.15) is 64.7 Å². The largest absolute Gasteiger partial charge is 0.462 e. The van der Waals surface area contributed by atoms with Gasteiger partial charge in [-0.05, 0) is 42.5 Å². The lowest BCUT2D eigenvalue weighted by Crippen LogP contribution is -2.47. The van der Waals surface area contributed by atoms with Crippen LogP contribution in [-0.2, 0) is 16.6 Å². The van der Waals surface area contributed by atoms with E-state index in [2.05, 4.69) is 46.8 Å². The second-order valence-electron chi connectivity index (χ2n) is 8.57. The van der Waals surface area contributed by atoms with Gasteiger partial charge >= 0.3 is 5.97 Å². The van der Waals surface area contributed by atoms with Gasteiger partial charge in [0.2, 0.25) is 5.91 Å². The number of anilines is 1. The predicted octanol–water partition coefficient (Wildman–Crippen LogP) is 4.22. The van der Waals surface area contributed by atoms with E-state index in [0.717, 1.165) is 0 Å². The summed E-state index contributed by atoms with van der Waals surface area (Å²) in [6.45, 7) is 4.05. The third kappa shape index (κ3) is 2.81. The molecule has 6 nitrogen and oxygen atoms in total. The summed E-state index contributed by atoms with van der Waals surface area (Å²) in [6.07, 6.45) is 2.15. The first-order valence-corrected chi connectivity index (χ1v) is 10.6. The third-order valence-electron chi connectivity index (χ3n) is 6.81. The van der Waals surface area contributed by atoms with Crippen LogP contribution in [0.4, 0.5) is 5.82 Å². The number of benzene rings is 2. The number of esters is 1. The van der Waals surface area contributed by atoms with E-state index in [-0.39, 0.29) is 29.9 Å². The molecule has 0 radical (unpaired) electrons. The van der Waals surface area contributed by atoms with Crippen molar-refractivity contribution in [3.63, 3.8) is 0 Å². The quantitative estimate of drug-likeness (QED) is 0.648. The van der Waals surface area contributed by atoms with Crippen molar-refractivity contribution in [2.75, 3.05) is 11.9 Å². The van der Waals surface area contributed by atoms with Gasteiger partial charge in [0.05, 0.1) is 18.2 Å². The number of hydrogen-bond donors (Lipinski definition) is 1. The minimum absolute atomic E-state index is 0.0517. The van der Waals surface area contributed by atoms with Crippen LogP contribution >= 0.6 is 0 Å².